The molecule has 1 spiro atoms. The number of phenols is 1. The van der Waals surface area contributed by atoms with E-state index >= 15 is 0 Å². The van der Waals surface area contributed by atoms with Crippen LogP contribution in [0.4, 0.5) is 5.95 Å². The summed E-state index contributed by atoms with van der Waals surface area (Å²) in [6.07, 6.45) is 7.68. The van der Waals surface area contributed by atoms with E-state index in [9.17, 15) is 5.11 Å². The Morgan fingerprint density at radius 3 is 2.70 bits per heavy atom. The Bertz CT molecular complexity index is 925. The second-order valence-corrected chi connectivity index (χ2v) is 7.50. The van der Waals surface area contributed by atoms with Gasteiger partial charge in [0, 0.05) is 42.4 Å². The van der Waals surface area contributed by atoms with Gasteiger partial charge >= 0.3 is 0 Å². The number of nitrogens with zero attached hydrogens (tertiary/aromatic N) is 5. The zero-order chi connectivity index (χ0) is 18.3. The fourth-order valence-corrected chi connectivity index (χ4v) is 4.08. The molecule has 138 valence electrons. The minimum atomic E-state index is 0.147. The summed E-state index contributed by atoms with van der Waals surface area (Å²) in [6.45, 7) is 4.15. The van der Waals surface area contributed by atoms with Gasteiger partial charge in [-0.2, -0.15) is 5.10 Å². The summed E-state index contributed by atoms with van der Waals surface area (Å²) in [5.41, 5.74) is 3.35. The first-order valence-electron chi connectivity index (χ1n) is 9.20. The van der Waals surface area contributed by atoms with E-state index in [0.717, 1.165) is 37.3 Å². The number of phenolic OH excluding ortho intramolecular Hbond substituents is 1. The lowest BCUT2D eigenvalue weighted by Crippen LogP contribution is -2.62. The van der Waals surface area contributed by atoms with Gasteiger partial charge < -0.3 is 15.3 Å². The van der Waals surface area contributed by atoms with E-state index in [0.29, 0.717) is 22.6 Å². The van der Waals surface area contributed by atoms with E-state index in [-0.39, 0.29) is 5.75 Å². The van der Waals surface area contributed by atoms with Crippen LogP contribution >= 0.6 is 0 Å². The monoisotopic (exact) mass is 363 g/mol. The lowest BCUT2D eigenvalue weighted by Gasteiger charge is -2.52. The van der Waals surface area contributed by atoms with Gasteiger partial charge in [-0.15, -0.1) is 10.2 Å². The summed E-state index contributed by atoms with van der Waals surface area (Å²) in [5.74, 6) is 0.804. The summed E-state index contributed by atoms with van der Waals surface area (Å²) >= 11 is 0. The molecule has 0 unspecified atom stereocenters. The summed E-state index contributed by atoms with van der Waals surface area (Å²) in [4.78, 5) is 6.65. The molecule has 0 atom stereocenters. The van der Waals surface area contributed by atoms with Crippen LogP contribution < -0.4 is 10.2 Å². The van der Waals surface area contributed by atoms with Crippen molar-refractivity contribution in [2.24, 2.45) is 5.41 Å². The largest absolute Gasteiger partial charge is 0.507 e. The highest BCUT2D eigenvalue weighted by atomic mass is 16.3. The van der Waals surface area contributed by atoms with Crippen molar-refractivity contribution in [3.63, 3.8) is 0 Å². The van der Waals surface area contributed by atoms with E-state index in [1.54, 1.807) is 24.7 Å². The second-order valence-electron chi connectivity index (χ2n) is 7.50. The van der Waals surface area contributed by atoms with E-state index < -0.39 is 0 Å². The topological polar surface area (TPSA) is 103 Å². The zero-order valence-corrected chi connectivity index (χ0v) is 14.9. The number of nitrogens with one attached hydrogen (secondary N) is 2. The molecule has 2 saturated heterocycles. The molecule has 27 heavy (non-hydrogen) atoms. The van der Waals surface area contributed by atoms with E-state index in [1.807, 2.05) is 12.1 Å². The first kappa shape index (κ1) is 16.2. The maximum absolute atomic E-state index is 10.4. The molecule has 0 radical (unpaired) electrons. The fourth-order valence-electron chi connectivity index (χ4n) is 4.08. The van der Waals surface area contributed by atoms with Crippen molar-refractivity contribution >= 4 is 5.95 Å². The standard InChI is InChI=1S/C19H21N7O/c27-17-6-13(14-7-22-23-8-14)2-3-15(17)16-9-21-18(25-24-16)26-11-19(12-26)4-1-5-20-10-19/h2-3,6-9,20,27H,1,4-5,10-12H2,(H,22,23). The number of piperidine rings is 1. The highest BCUT2D eigenvalue weighted by Gasteiger charge is 2.44. The normalized spacial score (nSPS) is 18.4. The van der Waals surface area contributed by atoms with Crippen LogP contribution in [0.5, 0.6) is 5.75 Å². The first-order valence-corrected chi connectivity index (χ1v) is 9.20. The molecule has 3 N–H and O–H groups in total. The quantitative estimate of drug-likeness (QED) is 0.652. The molecule has 1 aromatic carbocycles. The van der Waals surface area contributed by atoms with Gasteiger partial charge in [-0.25, -0.2) is 4.98 Å². The number of aromatic amines is 1. The summed E-state index contributed by atoms with van der Waals surface area (Å²) < 4.78 is 0. The maximum Gasteiger partial charge on any atom is 0.245 e. The van der Waals surface area contributed by atoms with Crippen molar-refractivity contribution in [1.82, 2.24) is 30.7 Å². The molecule has 2 aromatic heterocycles. The van der Waals surface area contributed by atoms with Crippen LogP contribution in [0, 0.1) is 5.41 Å². The Kier molecular flexibility index (Phi) is 3.78. The highest BCUT2D eigenvalue weighted by Crippen LogP contribution is 2.38. The highest BCUT2D eigenvalue weighted by molar-refractivity contribution is 5.73. The Hall–Kier alpha value is -3.00. The average Bonchev–Trinajstić information content (AvgIpc) is 3.22. The van der Waals surface area contributed by atoms with E-state index in [1.165, 1.54) is 12.8 Å². The molecule has 2 aliphatic rings. The average molecular weight is 363 g/mol. The Labute approximate surface area is 156 Å². The van der Waals surface area contributed by atoms with E-state index in [2.05, 4.69) is 35.6 Å². The minimum absolute atomic E-state index is 0.147. The SMILES string of the molecule is Oc1cc(-c2cn[nH]c2)ccc1-c1cnc(N2CC3(CCCNC3)C2)nn1. The van der Waals surface area contributed by atoms with Gasteiger partial charge in [-0.3, -0.25) is 5.10 Å². The molecule has 3 aromatic rings. The van der Waals surface area contributed by atoms with Crippen LogP contribution in [0.1, 0.15) is 12.8 Å². The van der Waals surface area contributed by atoms with Crippen molar-refractivity contribution < 1.29 is 5.11 Å². The fraction of sp³-hybridized carbons (Fsp3) is 0.368. The molecule has 4 heterocycles. The summed E-state index contributed by atoms with van der Waals surface area (Å²) in [7, 11) is 0. The van der Waals surface area contributed by atoms with Gasteiger partial charge in [-0.05, 0) is 37.1 Å². The van der Waals surface area contributed by atoms with E-state index in [4.69, 9.17) is 0 Å². The van der Waals surface area contributed by atoms with Crippen molar-refractivity contribution in [2.45, 2.75) is 12.8 Å². The smallest absolute Gasteiger partial charge is 0.245 e. The molecular weight excluding hydrogens is 342 g/mol. The number of hydrogen-bond acceptors (Lipinski definition) is 7. The van der Waals surface area contributed by atoms with Crippen LogP contribution in [-0.4, -0.2) is 56.7 Å². The number of benzene rings is 1. The Balaban J connectivity index is 1.32. The zero-order valence-electron chi connectivity index (χ0n) is 14.9. The molecular formula is C19H21N7O. The second kappa shape index (κ2) is 6.31. The summed E-state index contributed by atoms with van der Waals surface area (Å²) in [6, 6.07) is 5.45. The number of aromatic nitrogens is 5. The lowest BCUT2D eigenvalue weighted by atomic mass is 9.74. The Morgan fingerprint density at radius 2 is 2.04 bits per heavy atom. The third kappa shape index (κ3) is 2.91. The van der Waals surface area contributed by atoms with Crippen molar-refractivity contribution in [3.8, 4) is 28.1 Å². The van der Waals surface area contributed by atoms with Gasteiger partial charge in [0.1, 0.15) is 11.4 Å². The molecule has 0 bridgehead atoms. The first-order chi connectivity index (χ1) is 13.2. The van der Waals surface area contributed by atoms with Crippen LogP contribution in [0.2, 0.25) is 0 Å². The molecule has 0 aliphatic carbocycles. The Morgan fingerprint density at radius 1 is 1.11 bits per heavy atom. The third-order valence-electron chi connectivity index (χ3n) is 5.55. The third-order valence-corrected chi connectivity index (χ3v) is 5.55. The number of aromatic hydroxyl groups is 1. The molecule has 0 amide bonds. The van der Waals surface area contributed by atoms with Crippen molar-refractivity contribution in [3.05, 3.63) is 36.8 Å². The molecule has 0 saturated carbocycles. The van der Waals surface area contributed by atoms with Gasteiger partial charge in [0.05, 0.1) is 12.4 Å². The van der Waals surface area contributed by atoms with Gasteiger partial charge in [0.25, 0.3) is 0 Å². The van der Waals surface area contributed by atoms with Crippen LogP contribution in [0.15, 0.2) is 36.8 Å². The minimum Gasteiger partial charge on any atom is -0.507 e. The number of H-pyrrole nitrogens is 1. The number of rotatable bonds is 3. The number of hydrogen-bond donors (Lipinski definition) is 3. The predicted octanol–water partition coefficient (Wildman–Crippen LogP) is 1.82. The van der Waals surface area contributed by atoms with Crippen LogP contribution in [-0.2, 0) is 0 Å². The molecule has 5 rings (SSSR count). The maximum atomic E-state index is 10.4. The lowest BCUT2D eigenvalue weighted by molar-refractivity contribution is 0.154. The van der Waals surface area contributed by atoms with Crippen molar-refractivity contribution in [1.29, 1.82) is 0 Å². The van der Waals surface area contributed by atoms with Crippen molar-refractivity contribution in [2.75, 3.05) is 31.1 Å². The summed E-state index contributed by atoms with van der Waals surface area (Å²) in [5, 5.41) is 29.2. The van der Waals surface area contributed by atoms with Gasteiger partial charge in [0.15, 0.2) is 0 Å². The van der Waals surface area contributed by atoms with Gasteiger partial charge in [0.2, 0.25) is 5.95 Å². The number of anilines is 1. The molecule has 2 fully saturated rings. The van der Waals surface area contributed by atoms with Crippen LogP contribution in [0.3, 0.4) is 0 Å². The molecule has 8 nitrogen and oxygen atoms in total. The van der Waals surface area contributed by atoms with Crippen LogP contribution in [0.25, 0.3) is 22.4 Å². The molecule has 8 heteroatoms. The predicted molar refractivity (Wildman–Crippen MR) is 101 cm³/mol. The molecule has 2 aliphatic heterocycles. The van der Waals surface area contributed by atoms with Gasteiger partial charge in [-0.1, -0.05) is 6.07 Å².